The second-order valence-corrected chi connectivity index (χ2v) is 9.04. The number of carbonyl (C=O) groups excluding carboxylic acids is 1. The topological polar surface area (TPSA) is 89.6 Å². The molecule has 1 aromatic carbocycles. The molecule has 3 heterocycles. The first-order chi connectivity index (χ1) is 15.2. The molecule has 2 aromatic heterocycles. The molecule has 0 bridgehead atoms. The summed E-state index contributed by atoms with van der Waals surface area (Å²) in [4.78, 5) is 25.9. The molecular weight excluding hydrogens is 432 g/mol. The zero-order valence-corrected chi connectivity index (χ0v) is 19.5. The molecule has 1 aliphatic rings. The van der Waals surface area contributed by atoms with Crippen LogP contribution >= 0.6 is 11.6 Å². The molecule has 32 heavy (non-hydrogen) atoms. The molecule has 0 aliphatic carbocycles. The van der Waals surface area contributed by atoms with Crippen molar-refractivity contribution in [2.75, 3.05) is 20.3 Å². The van der Waals surface area contributed by atoms with Crippen molar-refractivity contribution >= 4 is 28.6 Å². The van der Waals surface area contributed by atoms with Crippen molar-refractivity contribution < 1.29 is 19.0 Å². The van der Waals surface area contributed by atoms with E-state index in [1.54, 1.807) is 12.0 Å². The largest absolute Gasteiger partial charge is 0.497 e. The Morgan fingerprint density at radius 3 is 2.84 bits per heavy atom. The number of H-pyrrole nitrogens is 1. The summed E-state index contributed by atoms with van der Waals surface area (Å²) in [6, 6.07) is 5.95. The van der Waals surface area contributed by atoms with Crippen molar-refractivity contribution in [1.82, 2.24) is 19.9 Å². The van der Waals surface area contributed by atoms with E-state index in [1.807, 2.05) is 45.2 Å². The lowest BCUT2D eigenvalue weighted by Gasteiger charge is -2.31. The molecule has 0 saturated heterocycles. The number of nitrogens with one attached hydrogen (secondary N) is 1. The van der Waals surface area contributed by atoms with E-state index in [9.17, 15) is 4.79 Å². The Hall–Kier alpha value is -3.00. The lowest BCUT2D eigenvalue weighted by Crippen LogP contribution is -2.40. The molecule has 0 unspecified atom stereocenters. The number of nitrogens with zero attached hydrogens (tertiary/aromatic N) is 3. The van der Waals surface area contributed by atoms with Gasteiger partial charge in [-0.25, -0.2) is 9.78 Å². The zero-order valence-electron chi connectivity index (χ0n) is 18.7. The number of aromatic nitrogens is 3. The SMILES string of the molecule is COc1ccc2c(CCOc3nc(Cl)nc4c3CCN(C(=O)OC(C)(C)C)C4)c[nH]c2c1. The van der Waals surface area contributed by atoms with Gasteiger partial charge >= 0.3 is 6.09 Å². The molecule has 0 atom stereocenters. The molecule has 8 nitrogen and oxygen atoms in total. The minimum atomic E-state index is -0.553. The predicted octanol–water partition coefficient (Wildman–Crippen LogP) is 4.53. The second-order valence-electron chi connectivity index (χ2n) is 8.70. The Labute approximate surface area is 191 Å². The third-order valence-electron chi connectivity index (χ3n) is 5.24. The normalized spacial score (nSPS) is 13.7. The van der Waals surface area contributed by atoms with E-state index in [0.717, 1.165) is 27.8 Å². The monoisotopic (exact) mass is 458 g/mol. The summed E-state index contributed by atoms with van der Waals surface area (Å²) in [5.74, 6) is 1.29. The van der Waals surface area contributed by atoms with E-state index in [2.05, 4.69) is 15.0 Å². The third-order valence-corrected chi connectivity index (χ3v) is 5.41. The average Bonchev–Trinajstić information content (AvgIpc) is 3.14. The number of benzene rings is 1. The summed E-state index contributed by atoms with van der Waals surface area (Å²) in [5.41, 5.74) is 3.19. The number of aromatic amines is 1. The molecule has 4 rings (SSSR count). The summed E-state index contributed by atoms with van der Waals surface area (Å²) < 4.78 is 16.8. The molecule has 0 fully saturated rings. The maximum absolute atomic E-state index is 12.4. The van der Waals surface area contributed by atoms with Gasteiger partial charge in [0.2, 0.25) is 11.2 Å². The van der Waals surface area contributed by atoms with E-state index < -0.39 is 5.60 Å². The molecule has 1 aliphatic heterocycles. The quantitative estimate of drug-likeness (QED) is 0.565. The highest BCUT2D eigenvalue weighted by Crippen LogP contribution is 2.28. The minimum absolute atomic E-state index is 0.101. The van der Waals surface area contributed by atoms with E-state index in [4.69, 9.17) is 25.8 Å². The summed E-state index contributed by atoms with van der Waals surface area (Å²) >= 11 is 6.15. The van der Waals surface area contributed by atoms with Crippen LogP contribution in [0.2, 0.25) is 5.28 Å². The fraction of sp³-hybridized carbons (Fsp3) is 0.435. The first-order valence-electron chi connectivity index (χ1n) is 10.5. The van der Waals surface area contributed by atoms with Gasteiger partial charge in [-0.2, -0.15) is 4.98 Å². The van der Waals surface area contributed by atoms with Gasteiger partial charge in [0, 0.05) is 41.7 Å². The number of hydrogen-bond acceptors (Lipinski definition) is 6. The highest BCUT2D eigenvalue weighted by atomic mass is 35.5. The Morgan fingerprint density at radius 2 is 2.09 bits per heavy atom. The lowest BCUT2D eigenvalue weighted by atomic mass is 10.1. The maximum atomic E-state index is 12.4. The zero-order chi connectivity index (χ0) is 22.9. The standard InChI is InChI=1S/C23H27ClN4O4/c1-23(2,3)32-22(29)28-9-7-17-19(13-28)26-21(24)27-20(17)31-10-8-14-12-25-18-11-15(30-4)5-6-16(14)18/h5-6,11-12,25H,7-10,13H2,1-4H3. The Morgan fingerprint density at radius 1 is 1.28 bits per heavy atom. The van der Waals surface area contributed by atoms with Gasteiger partial charge in [-0.3, -0.25) is 0 Å². The Balaban J connectivity index is 1.44. The molecule has 3 aromatic rings. The van der Waals surface area contributed by atoms with Crippen LogP contribution in [0, 0.1) is 0 Å². The molecule has 0 radical (unpaired) electrons. The van der Waals surface area contributed by atoms with Crippen LogP contribution in [0.25, 0.3) is 10.9 Å². The smallest absolute Gasteiger partial charge is 0.410 e. The highest BCUT2D eigenvalue weighted by Gasteiger charge is 2.29. The number of fused-ring (bicyclic) bond motifs is 2. The van der Waals surface area contributed by atoms with Crippen molar-refractivity contribution in [3.05, 3.63) is 46.5 Å². The van der Waals surface area contributed by atoms with Crippen molar-refractivity contribution in [2.45, 2.75) is 45.8 Å². The third kappa shape index (κ3) is 4.91. The van der Waals surface area contributed by atoms with Crippen LogP contribution in [0.1, 0.15) is 37.6 Å². The van der Waals surface area contributed by atoms with Gasteiger partial charge in [0.05, 0.1) is 26.0 Å². The van der Waals surface area contributed by atoms with Gasteiger partial charge in [-0.1, -0.05) is 0 Å². The summed E-state index contributed by atoms with van der Waals surface area (Å²) in [6.07, 6.45) is 2.89. The fourth-order valence-corrected chi connectivity index (χ4v) is 3.90. The van der Waals surface area contributed by atoms with Gasteiger partial charge in [-0.05, 0) is 56.5 Å². The number of halogens is 1. The minimum Gasteiger partial charge on any atom is -0.497 e. The molecular formula is C23H27ClN4O4. The van der Waals surface area contributed by atoms with Crippen LogP contribution < -0.4 is 9.47 Å². The van der Waals surface area contributed by atoms with Crippen LogP contribution in [0.4, 0.5) is 4.79 Å². The molecule has 0 spiro atoms. The highest BCUT2D eigenvalue weighted by molar-refractivity contribution is 6.28. The number of methoxy groups -OCH3 is 1. The van der Waals surface area contributed by atoms with Crippen LogP contribution in [0.3, 0.4) is 0 Å². The van der Waals surface area contributed by atoms with Gasteiger partial charge < -0.3 is 24.1 Å². The van der Waals surface area contributed by atoms with Crippen LogP contribution in [0.5, 0.6) is 11.6 Å². The number of hydrogen-bond donors (Lipinski definition) is 1. The number of ether oxygens (including phenoxy) is 3. The Bertz CT molecular complexity index is 1140. The first kappa shape index (κ1) is 22.2. The molecule has 1 amide bonds. The molecule has 9 heteroatoms. The summed E-state index contributed by atoms with van der Waals surface area (Å²) in [5, 5.41) is 1.23. The summed E-state index contributed by atoms with van der Waals surface area (Å²) in [6.45, 7) is 6.79. The van der Waals surface area contributed by atoms with E-state index in [1.165, 1.54) is 0 Å². The van der Waals surface area contributed by atoms with Crippen LogP contribution in [-0.2, 0) is 24.1 Å². The number of carbonyl (C=O) groups is 1. The van der Waals surface area contributed by atoms with Crippen LogP contribution in [0.15, 0.2) is 24.4 Å². The van der Waals surface area contributed by atoms with Gasteiger partial charge in [0.25, 0.3) is 0 Å². The molecule has 1 N–H and O–H groups in total. The van der Waals surface area contributed by atoms with Gasteiger partial charge in [0.1, 0.15) is 11.4 Å². The van der Waals surface area contributed by atoms with Gasteiger partial charge in [-0.15, -0.1) is 0 Å². The van der Waals surface area contributed by atoms with Crippen LogP contribution in [-0.4, -0.2) is 51.8 Å². The lowest BCUT2D eigenvalue weighted by molar-refractivity contribution is 0.0219. The Kier molecular flexibility index (Phi) is 6.15. The van der Waals surface area contributed by atoms with Gasteiger partial charge in [0.15, 0.2) is 0 Å². The van der Waals surface area contributed by atoms with Crippen molar-refractivity contribution in [2.24, 2.45) is 0 Å². The second kappa shape index (κ2) is 8.86. The maximum Gasteiger partial charge on any atom is 0.410 e. The number of rotatable bonds is 5. The van der Waals surface area contributed by atoms with Crippen molar-refractivity contribution in [3.8, 4) is 11.6 Å². The van der Waals surface area contributed by atoms with E-state index in [0.29, 0.717) is 44.1 Å². The van der Waals surface area contributed by atoms with Crippen molar-refractivity contribution in [3.63, 3.8) is 0 Å². The molecule has 170 valence electrons. The number of amides is 1. The van der Waals surface area contributed by atoms with Crippen molar-refractivity contribution in [1.29, 1.82) is 0 Å². The fourth-order valence-electron chi connectivity index (χ4n) is 3.73. The van der Waals surface area contributed by atoms with E-state index >= 15 is 0 Å². The first-order valence-corrected chi connectivity index (χ1v) is 10.9. The average molecular weight is 459 g/mol. The van der Waals surface area contributed by atoms with E-state index in [-0.39, 0.29) is 11.4 Å². The predicted molar refractivity (Wildman–Crippen MR) is 121 cm³/mol. The summed E-state index contributed by atoms with van der Waals surface area (Å²) in [7, 11) is 1.65. The molecule has 0 saturated carbocycles.